The number of anilines is 1. The van der Waals surface area contributed by atoms with Gasteiger partial charge in [0.15, 0.2) is 0 Å². The Kier molecular flexibility index (Phi) is 5.30. The molecule has 0 atom stereocenters. The van der Waals surface area contributed by atoms with E-state index >= 15 is 0 Å². The Morgan fingerprint density at radius 1 is 1.24 bits per heavy atom. The Morgan fingerprint density at radius 3 is 2.80 bits per heavy atom. The van der Waals surface area contributed by atoms with Gasteiger partial charge >= 0.3 is 0 Å². The molecule has 0 radical (unpaired) electrons. The smallest absolute Gasteiger partial charge is 0.234 e. The van der Waals surface area contributed by atoms with Crippen molar-refractivity contribution in [3.05, 3.63) is 65.7 Å². The number of halogens is 3. The number of rotatable bonds is 5. The van der Waals surface area contributed by atoms with Crippen molar-refractivity contribution in [2.45, 2.75) is 4.90 Å². The van der Waals surface area contributed by atoms with Gasteiger partial charge in [-0.1, -0.05) is 11.6 Å². The van der Waals surface area contributed by atoms with E-state index in [0.29, 0.717) is 16.4 Å². The summed E-state index contributed by atoms with van der Waals surface area (Å²) in [6.07, 6.45) is 2.86. The SMILES string of the molecule is O=C(CSc1ccc(F)cc1F)Nc1cc(Cl)ccc1-n1cncn1. The van der Waals surface area contributed by atoms with Gasteiger partial charge in [0, 0.05) is 16.0 Å². The summed E-state index contributed by atoms with van der Waals surface area (Å²) >= 11 is 6.95. The minimum Gasteiger partial charge on any atom is -0.323 e. The molecule has 3 aromatic rings. The topological polar surface area (TPSA) is 59.8 Å². The Labute approximate surface area is 151 Å². The highest BCUT2D eigenvalue weighted by Crippen LogP contribution is 2.26. The van der Waals surface area contributed by atoms with E-state index in [4.69, 9.17) is 11.6 Å². The van der Waals surface area contributed by atoms with Gasteiger partial charge in [-0.3, -0.25) is 4.79 Å². The van der Waals surface area contributed by atoms with Crippen LogP contribution in [0.1, 0.15) is 0 Å². The quantitative estimate of drug-likeness (QED) is 0.681. The van der Waals surface area contributed by atoms with E-state index < -0.39 is 11.6 Å². The third-order valence-corrected chi connectivity index (χ3v) is 4.43. The number of carbonyl (C=O) groups is 1. The average molecular weight is 381 g/mol. The van der Waals surface area contributed by atoms with Gasteiger partial charge < -0.3 is 5.32 Å². The summed E-state index contributed by atoms with van der Waals surface area (Å²) < 4.78 is 28.0. The summed E-state index contributed by atoms with van der Waals surface area (Å²) in [4.78, 5) is 16.2. The predicted molar refractivity (Wildman–Crippen MR) is 92.1 cm³/mol. The van der Waals surface area contributed by atoms with Crippen LogP contribution < -0.4 is 5.32 Å². The van der Waals surface area contributed by atoms with Gasteiger partial charge in [0.25, 0.3) is 0 Å². The van der Waals surface area contributed by atoms with Gasteiger partial charge in [-0.2, -0.15) is 5.10 Å². The maximum absolute atomic E-state index is 13.6. The van der Waals surface area contributed by atoms with E-state index in [-0.39, 0.29) is 16.6 Å². The first-order chi connectivity index (χ1) is 12.0. The van der Waals surface area contributed by atoms with Gasteiger partial charge in [-0.25, -0.2) is 18.4 Å². The van der Waals surface area contributed by atoms with Crippen LogP contribution in [0.3, 0.4) is 0 Å². The lowest BCUT2D eigenvalue weighted by atomic mass is 10.2. The summed E-state index contributed by atoms with van der Waals surface area (Å²) in [7, 11) is 0. The Hall–Kier alpha value is -2.45. The standard InChI is InChI=1S/C16H11ClF2N4OS/c17-10-1-3-14(23-9-20-8-21-23)13(5-10)22-16(24)7-25-15-4-2-11(18)6-12(15)19/h1-6,8-9H,7H2,(H,22,24). The summed E-state index contributed by atoms with van der Waals surface area (Å²) in [6.45, 7) is 0. The molecular weight excluding hydrogens is 370 g/mol. The molecule has 0 aliphatic rings. The van der Waals surface area contributed by atoms with Crippen LogP contribution in [0.4, 0.5) is 14.5 Å². The fraction of sp³-hybridized carbons (Fsp3) is 0.0625. The largest absolute Gasteiger partial charge is 0.323 e. The second-order valence-corrected chi connectivity index (χ2v) is 6.37. The fourth-order valence-electron chi connectivity index (χ4n) is 2.06. The third-order valence-electron chi connectivity index (χ3n) is 3.15. The summed E-state index contributed by atoms with van der Waals surface area (Å²) in [5, 5.41) is 7.17. The number of hydrogen-bond acceptors (Lipinski definition) is 4. The van der Waals surface area contributed by atoms with Crippen molar-refractivity contribution in [2.75, 3.05) is 11.1 Å². The molecule has 0 aliphatic heterocycles. The van der Waals surface area contributed by atoms with E-state index in [1.165, 1.54) is 23.4 Å². The van der Waals surface area contributed by atoms with E-state index in [0.717, 1.165) is 23.9 Å². The second-order valence-electron chi connectivity index (χ2n) is 4.91. The van der Waals surface area contributed by atoms with Crippen LogP contribution in [-0.2, 0) is 4.79 Å². The minimum atomic E-state index is -0.705. The van der Waals surface area contributed by atoms with Gasteiger partial charge in [0.05, 0.1) is 17.1 Å². The number of benzene rings is 2. The summed E-state index contributed by atoms with van der Waals surface area (Å²) in [5.74, 6) is -1.78. The summed E-state index contributed by atoms with van der Waals surface area (Å²) in [5.41, 5.74) is 1.04. The zero-order valence-electron chi connectivity index (χ0n) is 12.6. The van der Waals surface area contributed by atoms with E-state index in [2.05, 4.69) is 15.4 Å². The van der Waals surface area contributed by atoms with Gasteiger partial charge in [-0.15, -0.1) is 11.8 Å². The average Bonchev–Trinajstić information content (AvgIpc) is 3.08. The van der Waals surface area contributed by atoms with Gasteiger partial charge in [0.2, 0.25) is 5.91 Å². The number of thioether (sulfide) groups is 1. The Bertz CT molecular complexity index is 905. The molecule has 1 heterocycles. The predicted octanol–water partition coefficient (Wildman–Crippen LogP) is 3.93. The lowest BCUT2D eigenvalue weighted by molar-refractivity contribution is -0.113. The highest BCUT2D eigenvalue weighted by atomic mass is 35.5. The van der Waals surface area contributed by atoms with E-state index in [9.17, 15) is 13.6 Å². The first-order valence-corrected chi connectivity index (χ1v) is 8.41. The molecule has 0 bridgehead atoms. The molecule has 25 heavy (non-hydrogen) atoms. The maximum Gasteiger partial charge on any atom is 0.234 e. The zero-order chi connectivity index (χ0) is 17.8. The highest BCUT2D eigenvalue weighted by Gasteiger charge is 2.12. The first-order valence-electron chi connectivity index (χ1n) is 7.05. The molecule has 1 aromatic heterocycles. The molecule has 0 saturated heterocycles. The number of nitrogens with zero attached hydrogens (tertiary/aromatic N) is 3. The number of carbonyl (C=O) groups excluding carboxylic acids is 1. The Morgan fingerprint density at radius 2 is 2.08 bits per heavy atom. The molecule has 1 N–H and O–H groups in total. The zero-order valence-corrected chi connectivity index (χ0v) is 14.2. The van der Waals surface area contributed by atoms with Crippen LogP contribution >= 0.6 is 23.4 Å². The van der Waals surface area contributed by atoms with Crippen molar-refractivity contribution in [2.24, 2.45) is 0 Å². The van der Waals surface area contributed by atoms with Gasteiger partial charge in [-0.05, 0) is 30.3 Å². The summed E-state index contributed by atoms with van der Waals surface area (Å²) in [6, 6.07) is 8.15. The Balaban J connectivity index is 1.72. The molecule has 0 spiro atoms. The van der Waals surface area contributed by atoms with Crippen LogP contribution in [0.5, 0.6) is 0 Å². The van der Waals surface area contributed by atoms with Crippen molar-refractivity contribution in [3.8, 4) is 5.69 Å². The second kappa shape index (κ2) is 7.62. The lowest BCUT2D eigenvalue weighted by Crippen LogP contribution is -2.16. The highest BCUT2D eigenvalue weighted by molar-refractivity contribution is 8.00. The normalized spacial score (nSPS) is 10.7. The van der Waals surface area contributed by atoms with E-state index in [1.807, 2.05) is 0 Å². The molecule has 1 amide bonds. The molecule has 0 fully saturated rings. The molecule has 3 rings (SSSR count). The maximum atomic E-state index is 13.6. The number of hydrogen-bond donors (Lipinski definition) is 1. The molecule has 128 valence electrons. The van der Waals surface area contributed by atoms with Crippen LogP contribution in [0.15, 0.2) is 53.9 Å². The molecule has 0 aliphatic carbocycles. The van der Waals surface area contributed by atoms with Crippen molar-refractivity contribution in [1.82, 2.24) is 14.8 Å². The fourth-order valence-corrected chi connectivity index (χ4v) is 2.95. The number of amides is 1. The van der Waals surface area contributed by atoms with Crippen LogP contribution in [0.2, 0.25) is 5.02 Å². The van der Waals surface area contributed by atoms with Crippen LogP contribution in [0.25, 0.3) is 5.69 Å². The molecule has 5 nitrogen and oxygen atoms in total. The van der Waals surface area contributed by atoms with Crippen molar-refractivity contribution < 1.29 is 13.6 Å². The monoisotopic (exact) mass is 380 g/mol. The molecule has 9 heteroatoms. The van der Waals surface area contributed by atoms with Crippen LogP contribution in [-0.4, -0.2) is 26.4 Å². The molecular formula is C16H11ClF2N4OS. The third kappa shape index (κ3) is 4.34. The van der Waals surface area contributed by atoms with Crippen molar-refractivity contribution >= 4 is 35.0 Å². The van der Waals surface area contributed by atoms with Crippen molar-refractivity contribution in [3.63, 3.8) is 0 Å². The molecule has 0 unspecified atom stereocenters. The first kappa shape index (κ1) is 17.4. The minimum absolute atomic E-state index is 0.0497. The molecule has 2 aromatic carbocycles. The van der Waals surface area contributed by atoms with Crippen molar-refractivity contribution in [1.29, 1.82) is 0 Å². The molecule has 0 saturated carbocycles. The number of nitrogens with one attached hydrogen (secondary N) is 1. The van der Waals surface area contributed by atoms with E-state index in [1.54, 1.807) is 18.2 Å². The van der Waals surface area contributed by atoms with Gasteiger partial charge in [0.1, 0.15) is 24.3 Å². The van der Waals surface area contributed by atoms with Crippen LogP contribution in [0, 0.1) is 11.6 Å². The number of aromatic nitrogens is 3. The lowest BCUT2D eigenvalue weighted by Gasteiger charge is -2.11.